The van der Waals surface area contributed by atoms with E-state index >= 15 is 0 Å². The van der Waals surface area contributed by atoms with Crippen LogP contribution < -0.4 is 9.47 Å². The van der Waals surface area contributed by atoms with E-state index in [1.54, 1.807) is 37.4 Å². The van der Waals surface area contributed by atoms with Gasteiger partial charge in [0.25, 0.3) is 5.89 Å². The van der Waals surface area contributed by atoms with E-state index < -0.39 is 12.6 Å². The Labute approximate surface area is 137 Å². The molecule has 0 spiro atoms. The Bertz CT molecular complexity index is 859. The third kappa shape index (κ3) is 3.35. The maximum Gasteiger partial charge on any atom is 0.341 e. The first kappa shape index (κ1) is 15.5. The molecule has 1 heterocycles. The standard InChI is InChI=1S/C17H14N2O5/c1-22-12-6-4-5-11(9-12)16-18-17(24-19-16)13-7-2-3-8-14(13)23-10-15(20)21/h2-9H,10H2,1H3,(H,20,21). The van der Waals surface area contributed by atoms with Crippen molar-refractivity contribution in [3.8, 4) is 34.3 Å². The third-order valence-corrected chi connectivity index (χ3v) is 3.22. The third-order valence-electron chi connectivity index (χ3n) is 3.22. The van der Waals surface area contributed by atoms with Crippen molar-refractivity contribution >= 4 is 5.97 Å². The average molecular weight is 326 g/mol. The molecule has 122 valence electrons. The summed E-state index contributed by atoms with van der Waals surface area (Å²) < 4.78 is 15.7. The van der Waals surface area contributed by atoms with Gasteiger partial charge in [0.1, 0.15) is 11.5 Å². The number of carboxylic acids is 1. The van der Waals surface area contributed by atoms with E-state index in [0.717, 1.165) is 5.56 Å². The van der Waals surface area contributed by atoms with E-state index in [1.165, 1.54) is 0 Å². The molecule has 0 saturated heterocycles. The number of carbonyl (C=O) groups is 1. The van der Waals surface area contributed by atoms with Crippen LogP contribution >= 0.6 is 0 Å². The lowest BCUT2D eigenvalue weighted by Gasteiger charge is -2.06. The zero-order valence-corrected chi connectivity index (χ0v) is 12.8. The van der Waals surface area contributed by atoms with Gasteiger partial charge in [0.15, 0.2) is 6.61 Å². The molecule has 2 aromatic carbocycles. The van der Waals surface area contributed by atoms with Crippen molar-refractivity contribution in [3.05, 3.63) is 48.5 Å². The molecule has 0 amide bonds. The lowest BCUT2D eigenvalue weighted by Crippen LogP contribution is -2.09. The van der Waals surface area contributed by atoms with Crippen LogP contribution in [0.5, 0.6) is 11.5 Å². The molecular weight excluding hydrogens is 312 g/mol. The molecule has 0 aliphatic heterocycles. The van der Waals surface area contributed by atoms with Gasteiger partial charge in [-0.2, -0.15) is 4.98 Å². The Kier molecular flexibility index (Phi) is 4.42. The Morgan fingerprint density at radius 1 is 1.21 bits per heavy atom. The molecule has 1 aromatic heterocycles. The molecule has 3 rings (SSSR count). The fraction of sp³-hybridized carbons (Fsp3) is 0.118. The number of aromatic nitrogens is 2. The number of carboxylic acid groups (broad SMARTS) is 1. The van der Waals surface area contributed by atoms with Crippen LogP contribution in [0.25, 0.3) is 22.8 Å². The highest BCUT2D eigenvalue weighted by Crippen LogP contribution is 2.30. The second-order valence-corrected chi connectivity index (χ2v) is 4.83. The number of hydrogen-bond donors (Lipinski definition) is 1. The van der Waals surface area contributed by atoms with Crippen molar-refractivity contribution in [2.24, 2.45) is 0 Å². The molecule has 0 saturated carbocycles. The van der Waals surface area contributed by atoms with Crippen molar-refractivity contribution in [1.82, 2.24) is 10.1 Å². The largest absolute Gasteiger partial charge is 0.497 e. The first-order valence-corrected chi connectivity index (χ1v) is 7.09. The van der Waals surface area contributed by atoms with Crippen LogP contribution in [-0.4, -0.2) is 34.9 Å². The first-order chi connectivity index (χ1) is 11.7. The van der Waals surface area contributed by atoms with E-state index in [0.29, 0.717) is 22.9 Å². The fourth-order valence-corrected chi connectivity index (χ4v) is 2.12. The van der Waals surface area contributed by atoms with E-state index in [-0.39, 0.29) is 5.89 Å². The molecule has 0 fully saturated rings. The molecule has 7 heteroatoms. The minimum absolute atomic E-state index is 0.244. The van der Waals surface area contributed by atoms with E-state index in [9.17, 15) is 4.79 Å². The molecule has 7 nitrogen and oxygen atoms in total. The van der Waals surface area contributed by atoms with Crippen LogP contribution in [0.4, 0.5) is 0 Å². The fourth-order valence-electron chi connectivity index (χ4n) is 2.12. The number of rotatable bonds is 6. The molecule has 24 heavy (non-hydrogen) atoms. The summed E-state index contributed by atoms with van der Waals surface area (Å²) in [4.78, 5) is 15.0. The maximum absolute atomic E-state index is 10.7. The van der Waals surface area contributed by atoms with Crippen LogP contribution in [-0.2, 0) is 4.79 Å². The summed E-state index contributed by atoms with van der Waals surface area (Å²) in [5.41, 5.74) is 1.27. The summed E-state index contributed by atoms with van der Waals surface area (Å²) >= 11 is 0. The monoisotopic (exact) mass is 326 g/mol. The molecule has 0 radical (unpaired) electrons. The molecule has 0 aliphatic carbocycles. The average Bonchev–Trinajstić information content (AvgIpc) is 3.10. The van der Waals surface area contributed by atoms with Gasteiger partial charge >= 0.3 is 5.97 Å². The van der Waals surface area contributed by atoms with Gasteiger partial charge in [-0.3, -0.25) is 0 Å². The van der Waals surface area contributed by atoms with Crippen molar-refractivity contribution in [1.29, 1.82) is 0 Å². The van der Waals surface area contributed by atoms with Crippen LogP contribution in [0.1, 0.15) is 0 Å². The number of para-hydroxylation sites is 1. The number of benzene rings is 2. The second kappa shape index (κ2) is 6.82. The number of ether oxygens (including phenoxy) is 2. The van der Waals surface area contributed by atoms with Crippen molar-refractivity contribution < 1.29 is 23.9 Å². The Balaban J connectivity index is 1.92. The zero-order valence-electron chi connectivity index (χ0n) is 12.8. The highest BCUT2D eigenvalue weighted by molar-refractivity contribution is 5.70. The maximum atomic E-state index is 10.7. The van der Waals surface area contributed by atoms with Gasteiger partial charge < -0.3 is 19.1 Å². The summed E-state index contributed by atoms with van der Waals surface area (Å²) in [6, 6.07) is 14.2. The van der Waals surface area contributed by atoms with Crippen molar-refractivity contribution in [2.45, 2.75) is 0 Å². The van der Waals surface area contributed by atoms with Crippen molar-refractivity contribution in [3.63, 3.8) is 0 Å². The lowest BCUT2D eigenvalue weighted by molar-refractivity contribution is -0.139. The molecule has 0 bridgehead atoms. The SMILES string of the molecule is COc1cccc(-c2noc(-c3ccccc3OCC(=O)O)n2)c1. The van der Waals surface area contributed by atoms with Gasteiger partial charge in [0.05, 0.1) is 12.7 Å². The Morgan fingerprint density at radius 3 is 2.83 bits per heavy atom. The normalized spacial score (nSPS) is 10.4. The number of nitrogens with zero attached hydrogens (tertiary/aromatic N) is 2. The van der Waals surface area contributed by atoms with Crippen molar-refractivity contribution in [2.75, 3.05) is 13.7 Å². The van der Waals surface area contributed by atoms with Crippen LogP contribution in [0.2, 0.25) is 0 Å². The topological polar surface area (TPSA) is 94.7 Å². The van der Waals surface area contributed by atoms with E-state index in [4.69, 9.17) is 19.1 Å². The summed E-state index contributed by atoms with van der Waals surface area (Å²) in [5, 5.41) is 12.7. The smallest absolute Gasteiger partial charge is 0.341 e. The molecule has 0 unspecified atom stereocenters. The number of hydrogen-bond acceptors (Lipinski definition) is 6. The zero-order chi connectivity index (χ0) is 16.9. The van der Waals surface area contributed by atoms with Gasteiger partial charge in [-0.25, -0.2) is 4.79 Å². The highest BCUT2D eigenvalue weighted by Gasteiger charge is 2.15. The van der Waals surface area contributed by atoms with Crippen LogP contribution in [0.15, 0.2) is 53.1 Å². The predicted octanol–water partition coefficient (Wildman–Crippen LogP) is 2.88. The first-order valence-electron chi connectivity index (χ1n) is 7.09. The molecule has 0 atom stereocenters. The quantitative estimate of drug-likeness (QED) is 0.744. The van der Waals surface area contributed by atoms with Gasteiger partial charge in [-0.15, -0.1) is 0 Å². The minimum atomic E-state index is -1.06. The molecular formula is C17H14N2O5. The summed E-state index contributed by atoms with van der Waals surface area (Å²) in [6.07, 6.45) is 0. The molecule has 0 aliphatic rings. The highest BCUT2D eigenvalue weighted by atomic mass is 16.5. The van der Waals surface area contributed by atoms with E-state index in [2.05, 4.69) is 10.1 Å². The van der Waals surface area contributed by atoms with Gasteiger partial charge in [0, 0.05) is 5.56 Å². The number of aliphatic carboxylic acids is 1. The number of methoxy groups -OCH3 is 1. The Hall–Kier alpha value is -3.35. The van der Waals surface area contributed by atoms with Gasteiger partial charge in [-0.05, 0) is 24.3 Å². The summed E-state index contributed by atoms with van der Waals surface area (Å²) in [6.45, 7) is -0.451. The minimum Gasteiger partial charge on any atom is -0.497 e. The van der Waals surface area contributed by atoms with Gasteiger partial charge in [0.2, 0.25) is 5.82 Å². The molecule has 1 N–H and O–H groups in total. The van der Waals surface area contributed by atoms with Gasteiger partial charge in [-0.1, -0.05) is 29.4 Å². The Morgan fingerprint density at radius 2 is 2.04 bits per heavy atom. The summed E-state index contributed by atoms with van der Waals surface area (Å²) in [5.74, 6) is 0.628. The second-order valence-electron chi connectivity index (χ2n) is 4.83. The predicted molar refractivity (Wildman–Crippen MR) is 84.9 cm³/mol. The molecule has 3 aromatic rings. The van der Waals surface area contributed by atoms with Crippen LogP contribution in [0.3, 0.4) is 0 Å². The summed E-state index contributed by atoms with van der Waals surface area (Å²) in [7, 11) is 1.58. The lowest BCUT2D eigenvalue weighted by atomic mass is 10.2. The van der Waals surface area contributed by atoms with E-state index in [1.807, 2.05) is 18.2 Å². The van der Waals surface area contributed by atoms with Crippen LogP contribution in [0, 0.1) is 0 Å².